The van der Waals surface area contributed by atoms with Gasteiger partial charge in [0.25, 0.3) is 0 Å². The van der Waals surface area contributed by atoms with Crippen LogP contribution in [0.1, 0.15) is 30.9 Å². The Kier molecular flexibility index (Phi) is 4.29. The Hall–Kier alpha value is -1.37. The maximum atomic E-state index is 11.6. The van der Waals surface area contributed by atoms with Crippen molar-refractivity contribution in [3.8, 4) is 0 Å². The van der Waals surface area contributed by atoms with Crippen LogP contribution >= 0.6 is 0 Å². The van der Waals surface area contributed by atoms with Crippen LogP contribution in [0.25, 0.3) is 0 Å². The van der Waals surface area contributed by atoms with E-state index >= 15 is 0 Å². The standard InChI is InChI=1S/C14H18O/c1-11(2)4-9-14(15)10-13-7-5-12(3)6-8-13/h5-8H,1,4,9-10H2,2-3H3. The van der Waals surface area contributed by atoms with Crippen LogP contribution < -0.4 is 0 Å². The summed E-state index contributed by atoms with van der Waals surface area (Å²) in [4.78, 5) is 11.6. The highest BCUT2D eigenvalue weighted by atomic mass is 16.1. The summed E-state index contributed by atoms with van der Waals surface area (Å²) in [7, 11) is 0. The normalized spacial score (nSPS) is 10.0. The molecule has 0 aromatic heterocycles. The molecule has 15 heavy (non-hydrogen) atoms. The van der Waals surface area contributed by atoms with Crippen LogP contribution in [0.2, 0.25) is 0 Å². The smallest absolute Gasteiger partial charge is 0.137 e. The fourth-order valence-electron chi connectivity index (χ4n) is 1.37. The second-order valence-electron chi connectivity index (χ2n) is 4.16. The summed E-state index contributed by atoms with van der Waals surface area (Å²) in [6.45, 7) is 7.80. The quantitative estimate of drug-likeness (QED) is 0.668. The van der Waals surface area contributed by atoms with Crippen molar-refractivity contribution in [2.24, 2.45) is 0 Å². The molecular weight excluding hydrogens is 184 g/mol. The van der Waals surface area contributed by atoms with E-state index in [2.05, 4.69) is 6.58 Å². The fourth-order valence-corrected chi connectivity index (χ4v) is 1.37. The SMILES string of the molecule is C=C(C)CCC(=O)Cc1ccc(C)cc1. The van der Waals surface area contributed by atoms with Gasteiger partial charge in [0.2, 0.25) is 0 Å². The van der Waals surface area contributed by atoms with E-state index in [0.29, 0.717) is 18.6 Å². The fraction of sp³-hybridized carbons (Fsp3) is 0.357. The monoisotopic (exact) mass is 202 g/mol. The van der Waals surface area contributed by atoms with E-state index in [1.54, 1.807) is 0 Å². The zero-order valence-electron chi connectivity index (χ0n) is 9.55. The second kappa shape index (κ2) is 5.50. The van der Waals surface area contributed by atoms with Crippen LogP contribution in [-0.4, -0.2) is 5.78 Å². The molecule has 80 valence electrons. The zero-order chi connectivity index (χ0) is 11.3. The minimum Gasteiger partial charge on any atom is -0.299 e. The lowest BCUT2D eigenvalue weighted by atomic mass is 10.0. The molecule has 0 radical (unpaired) electrons. The average Bonchev–Trinajstić information content (AvgIpc) is 2.19. The number of carbonyl (C=O) groups is 1. The molecule has 1 nitrogen and oxygen atoms in total. The molecule has 1 aromatic rings. The van der Waals surface area contributed by atoms with Crippen LogP contribution in [0.3, 0.4) is 0 Å². The third-order valence-electron chi connectivity index (χ3n) is 2.35. The summed E-state index contributed by atoms with van der Waals surface area (Å²) in [5, 5.41) is 0. The van der Waals surface area contributed by atoms with E-state index in [1.807, 2.05) is 38.1 Å². The predicted octanol–water partition coefficient (Wildman–Crippen LogP) is 3.46. The van der Waals surface area contributed by atoms with E-state index in [9.17, 15) is 4.79 Å². The summed E-state index contributed by atoms with van der Waals surface area (Å²) < 4.78 is 0. The number of aryl methyl sites for hydroxylation is 1. The first-order valence-electron chi connectivity index (χ1n) is 5.29. The van der Waals surface area contributed by atoms with Gasteiger partial charge in [-0.25, -0.2) is 0 Å². The van der Waals surface area contributed by atoms with Crippen molar-refractivity contribution in [3.63, 3.8) is 0 Å². The van der Waals surface area contributed by atoms with Gasteiger partial charge in [-0.05, 0) is 25.8 Å². The molecule has 0 saturated carbocycles. The number of carbonyl (C=O) groups excluding carboxylic acids is 1. The van der Waals surface area contributed by atoms with Gasteiger partial charge in [-0.1, -0.05) is 35.4 Å². The van der Waals surface area contributed by atoms with Crippen LogP contribution in [0.15, 0.2) is 36.4 Å². The average molecular weight is 202 g/mol. The van der Waals surface area contributed by atoms with E-state index in [1.165, 1.54) is 5.56 Å². The van der Waals surface area contributed by atoms with E-state index in [4.69, 9.17) is 0 Å². The Labute approximate surface area is 91.8 Å². The van der Waals surface area contributed by atoms with Gasteiger partial charge in [0.05, 0.1) is 0 Å². The molecule has 0 atom stereocenters. The van der Waals surface area contributed by atoms with Gasteiger partial charge >= 0.3 is 0 Å². The third kappa shape index (κ3) is 4.59. The molecule has 1 rings (SSSR count). The van der Waals surface area contributed by atoms with E-state index in [-0.39, 0.29) is 0 Å². The van der Waals surface area contributed by atoms with Crippen molar-refractivity contribution in [2.45, 2.75) is 33.1 Å². The predicted molar refractivity (Wildman–Crippen MR) is 63.9 cm³/mol. The Morgan fingerprint density at radius 3 is 2.33 bits per heavy atom. The molecule has 0 saturated heterocycles. The molecule has 0 unspecified atom stereocenters. The number of hydrogen-bond donors (Lipinski definition) is 0. The van der Waals surface area contributed by atoms with Gasteiger partial charge in [-0.2, -0.15) is 0 Å². The number of Topliss-reactive ketones (excluding diaryl/α,β-unsaturated/α-hetero) is 1. The summed E-state index contributed by atoms with van der Waals surface area (Å²) in [5.41, 5.74) is 3.41. The number of hydrogen-bond acceptors (Lipinski definition) is 1. The molecule has 0 N–H and O–H groups in total. The van der Waals surface area contributed by atoms with Crippen molar-refractivity contribution in [1.82, 2.24) is 0 Å². The summed E-state index contributed by atoms with van der Waals surface area (Å²) in [6, 6.07) is 8.13. The lowest BCUT2D eigenvalue weighted by Crippen LogP contribution is -2.02. The minimum absolute atomic E-state index is 0.293. The number of allylic oxidation sites excluding steroid dienone is 1. The maximum Gasteiger partial charge on any atom is 0.137 e. The Bertz CT molecular complexity index is 346. The lowest BCUT2D eigenvalue weighted by molar-refractivity contribution is -0.118. The highest BCUT2D eigenvalue weighted by Gasteiger charge is 2.03. The molecule has 0 heterocycles. The van der Waals surface area contributed by atoms with Gasteiger partial charge in [-0.3, -0.25) is 4.79 Å². The molecule has 1 heteroatoms. The number of rotatable bonds is 5. The topological polar surface area (TPSA) is 17.1 Å². The molecule has 0 fully saturated rings. The van der Waals surface area contributed by atoms with Crippen LogP contribution in [0, 0.1) is 6.92 Å². The Balaban J connectivity index is 2.44. The van der Waals surface area contributed by atoms with Crippen molar-refractivity contribution in [1.29, 1.82) is 0 Å². The zero-order valence-corrected chi connectivity index (χ0v) is 9.55. The van der Waals surface area contributed by atoms with Gasteiger partial charge in [0.1, 0.15) is 5.78 Å². The molecule has 0 aliphatic rings. The highest BCUT2D eigenvalue weighted by Crippen LogP contribution is 2.08. The summed E-state index contributed by atoms with van der Waals surface area (Å²) >= 11 is 0. The number of ketones is 1. The third-order valence-corrected chi connectivity index (χ3v) is 2.35. The highest BCUT2D eigenvalue weighted by molar-refractivity contribution is 5.81. The van der Waals surface area contributed by atoms with Gasteiger partial charge in [0.15, 0.2) is 0 Å². The van der Waals surface area contributed by atoms with Crippen LogP contribution in [0.5, 0.6) is 0 Å². The first kappa shape index (κ1) is 11.7. The van der Waals surface area contributed by atoms with Gasteiger partial charge in [0, 0.05) is 12.8 Å². The first-order valence-corrected chi connectivity index (χ1v) is 5.29. The summed E-state index contributed by atoms with van der Waals surface area (Å²) in [6.07, 6.45) is 1.97. The van der Waals surface area contributed by atoms with Crippen molar-refractivity contribution in [3.05, 3.63) is 47.5 Å². The molecular formula is C14H18O. The molecule has 0 amide bonds. The lowest BCUT2D eigenvalue weighted by Gasteiger charge is -2.02. The molecule has 0 aliphatic heterocycles. The van der Waals surface area contributed by atoms with Crippen LogP contribution in [0.4, 0.5) is 0 Å². The largest absolute Gasteiger partial charge is 0.299 e. The van der Waals surface area contributed by atoms with Gasteiger partial charge in [-0.15, -0.1) is 6.58 Å². The van der Waals surface area contributed by atoms with Crippen molar-refractivity contribution in [2.75, 3.05) is 0 Å². The molecule has 0 bridgehead atoms. The minimum atomic E-state index is 0.293. The van der Waals surface area contributed by atoms with E-state index < -0.39 is 0 Å². The molecule has 0 aliphatic carbocycles. The van der Waals surface area contributed by atoms with Crippen molar-refractivity contribution >= 4 is 5.78 Å². The summed E-state index contributed by atoms with van der Waals surface area (Å²) in [5.74, 6) is 0.293. The molecule has 1 aromatic carbocycles. The Morgan fingerprint density at radius 1 is 1.20 bits per heavy atom. The van der Waals surface area contributed by atoms with Crippen LogP contribution in [-0.2, 0) is 11.2 Å². The van der Waals surface area contributed by atoms with Gasteiger partial charge < -0.3 is 0 Å². The van der Waals surface area contributed by atoms with E-state index in [0.717, 1.165) is 17.6 Å². The molecule has 0 spiro atoms. The number of benzene rings is 1. The second-order valence-corrected chi connectivity index (χ2v) is 4.16. The van der Waals surface area contributed by atoms with Crippen molar-refractivity contribution < 1.29 is 4.79 Å². The first-order chi connectivity index (χ1) is 7.08. The Morgan fingerprint density at radius 2 is 1.80 bits per heavy atom. The maximum absolute atomic E-state index is 11.6.